The van der Waals surface area contributed by atoms with Gasteiger partial charge in [-0.15, -0.1) is 0 Å². The van der Waals surface area contributed by atoms with Crippen molar-refractivity contribution in [3.8, 4) is 0 Å². The van der Waals surface area contributed by atoms with E-state index in [2.05, 4.69) is 26.6 Å². The number of nitrogens with zero attached hydrogens (tertiary/aromatic N) is 1. The van der Waals surface area contributed by atoms with E-state index in [1.807, 2.05) is 0 Å². The van der Waals surface area contributed by atoms with Gasteiger partial charge in [-0.1, -0.05) is 0 Å². The second-order valence-electron chi connectivity index (χ2n) is 4.86. The average molecular weight is 348 g/mol. The molecule has 1 aromatic carbocycles. The van der Waals surface area contributed by atoms with Crippen molar-refractivity contribution in [1.82, 2.24) is 5.32 Å². The first-order valence-corrected chi connectivity index (χ1v) is 6.58. The van der Waals surface area contributed by atoms with E-state index >= 15 is 0 Å². The third kappa shape index (κ3) is 3.66. The van der Waals surface area contributed by atoms with Crippen LogP contribution in [0.3, 0.4) is 0 Å². The lowest BCUT2D eigenvalue weighted by Crippen LogP contribution is -2.39. The van der Waals surface area contributed by atoms with Crippen LogP contribution >= 0.6 is 15.9 Å². The monoisotopic (exact) mass is 347 g/mol. The number of hydrogen-bond acceptors (Lipinski definition) is 4. The summed E-state index contributed by atoms with van der Waals surface area (Å²) in [4.78, 5) is 21.9. The van der Waals surface area contributed by atoms with Crippen LogP contribution < -0.4 is 10.6 Å². The summed E-state index contributed by atoms with van der Waals surface area (Å²) in [5, 5.41) is 16.2. The maximum absolute atomic E-state index is 13.3. The summed E-state index contributed by atoms with van der Waals surface area (Å²) in [6.07, 6.45) is 0. The molecule has 0 fully saturated rings. The molecule has 20 heavy (non-hydrogen) atoms. The highest BCUT2D eigenvalue weighted by Crippen LogP contribution is 2.31. The fourth-order valence-electron chi connectivity index (χ4n) is 1.56. The molecule has 0 atom stereocenters. The van der Waals surface area contributed by atoms with E-state index < -0.39 is 16.2 Å². The summed E-state index contributed by atoms with van der Waals surface area (Å²) < 4.78 is 13.4. The Hall–Kier alpha value is -1.70. The van der Waals surface area contributed by atoms with Crippen molar-refractivity contribution in [2.45, 2.75) is 13.8 Å². The molecule has 0 aliphatic heterocycles. The number of rotatable bonds is 5. The van der Waals surface area contributed by atoms with E-state index in [-0.39, 0.29) is 28.3 Å². The molecule has 1 amide bonds. The molecule has 2 N–H and O–H groups in total. The highest BCUT2D eigenvalue weighted by Gasteiger charge is 2.27. The molecule has 0 aromatic heterocycles. The predicted octanol–water partition coefficient (Wildman–Crippen LogP) is 2.68. The van der Waals surface area contributed by atoms with Crippen molar-refractivity contribution in [3.63, 3.8) is 0 Å². The zero-order valence-corrected chi connectivity index (χ0v) is 12.9. The fraction of sp³-hybridized carbons (Fsp3) is 0.417. The van der Waals surface area contributed by atoms with Crippen LogP contribution in [-0.4, -0.2) is 24.4 Å². The van der Waals surface area contributed by atoms with Crippen molar-refractivity contribution < 1.29 is 14.1 Å². The topological polar surface area (TPSA) is 84.3 Å². The average Bonchev–Trinajstić information content (AvgIpc) is 2.38. The lowest BCUT2D eigenvalue weighted by atomic mass is 9.92. The van der Waals surface area contributed by atoms with Crippen LogP contribution in [-0.2, 0) is 4.79 Å². The first-order valence-electron chi connectivity index (χ1n) is 5.78. The SMILES string of the molecule is CNC(=O)C(C)(C)CNc1cc(Br)c(F)cc1[N+](=O)[O-]. The predicted molar refractivity (Wildman–Crippen MR) is 77.1 cm³/mol. The largest absolute Gasteiger partial charge is 0.378 e. The lowest BCUT2D eigenvalue weighted by Gasteiger charge is -2.23. The van der Waals surface area contributed by atoms with Gasteiger partial charge in [-0.25, -0.2) is 4.39 Å². The van der Waals surface area contributed by atoms with Crippen molar-refractivity contribution >= 4 is 33.2 Å². The van der Waals surface area contributed by atoms with E-state index in [0.717, 1.165) is 6.07 Å². The minimum Gasteiger partial charge on any atom is -0.378 e. The molecular weight excluding hydrogens is 333 g/mol. The maximum Gasteiger partial charge on any atom is 0.295 e. The Morgan fingerprint density at radius 1 is 1.50 bits per heavy atom. The van der Waals surface area contributed by atoms with Crippen molar-refractivity contribution in [3.05, 3.63) is 32.5 Å². The molecule has 0 aliphatic rings. The summed E-state index contributed by atoms with van der Waals surface area (Å²) in [5.74, 6) is -0.915. The van der Waals surface area contributed by atoms with Gasteiger partial charge in [0.1, 0.15) is 11.5 Å². The molecule has 1 rings (SSSR count). The van der Waals surface area contributed by atoms with Gasteiger partial charge in [0, 0.05) is 13.6 Å². The molecule has 0 unspecified atom stereocenters. The lowest BCUT2D eigenvalue weighted by molar-refractivity contribution is -0.384. The molecule has 0 saturated heterocycles. The molecule has 6 nitrogen and oxygen atoms in total. The van der Waals surface area contributed by atoms with Gasteiger partial charge in [0.25, 0.3) is 5.69 Å². The van der Waals surface area contributed by atoms with Crippen LogP contribution in [0.15, 0.2) is 16.6 Å². The number of halogens is 2. The van der Waals surface area contributed by atoms with Gasteiger partial charge in [-0.2, -0.15) is 0 Å². The van der Waals surface area contributed by atoms with E-state index in [9.17, 15) is 19.3 Å². The quantitative estimate of drug-likeness (QED) is 0.633. The first kappa shape index (κ1) is 16.4. The molecule has 0 radical (unpaired) electrons. The van der Waals surface area contributed by atoms with E-state index in [4.69, 9.17) is 0 Å². The smallest absolute Gasteiger partial charge is 0.295 e. The number of nitro groups is 1. The number of hydrogen-bond donors (Lipinski definition) is 2. The van der Waals surface area contributed by atoms with Crippen LogP contribution in [0.2, 0.25) is 0 Å². The van der Waals surface area contributed by atoms with E-state index in [1.165, 1.54) is 13.1 Å². The third-order valence-corrected chi connectivity index (χ3v) is 3.41. The molecular formula is C12H15BrFN3O3. The Balaban J connectivity index is 3.01. The number of nitrogens with one attached hydrogen (secondary N) is 2. The fourth-order valence-corrected chi connectivity index (χ4v) is 1.91. The standard InChI is InChI=1S/C12H15BrFN3O3/c1-12(2,11(18)15-3)6-16-9-4-7(13)8(14)5-10(9)17(19)20/h4-5,16H,6H2,1-3H3,(H,15,18). The van der Waals surface area contributed by atoms with Crippen LogP contribution in [0.5, 0.6) is 0 Å². The minimum absolute atomic E-state index is 0.114. The normalized spacial score (nSPS) is 11.1. The molecule has 8 heteroatoms. The van der Waals surface area contributed by atoms with Gasteiger partial charge in [0.05, 0.1) is 20.9 Å². The molecule has 0 aliphatic carbocycles. The number of benzene rings is 1. The number of amides is 1. The summed E-state index contributed by atoms with van der Waals surface area (Å²) in [6.45, 7) is 3.57. The molecule has 1 aromatic rings. The van der Waals surface area contributed by atoms with Crippen molar-refractivity contribution in [2.24, 2.45) is 5.41 Å². The van der Waals surface area contributed by atoms with Gasteiger partial charge >= 0.3 is 0 Å². The maximum atomic E-state index is 13.3. The Bertz CT molecular complexity index is 549. The highest BCUT2D eigenvalue weighted by molar-refractivity contribution is 9.10. The summed E-state index contributed by atoms with van der Waals surface area (Å²) >= 11 is 2.98. The molecule has 0 saturated carbocycles. The second-order valence-corrected chi connectivity index (χ2v) is 5.71. The molecule has 110 valence electrons. The highest BCUT2D eigenvalue weighted by atomic mass is 79.9. The van der Waals surface area contributed by atoms with Gasteiger partial charge in [0.2, 0.25) is 5.91 Å². The van der Waals surface area contributed by atoms with Gasteiger partial charge < -0.3 is 10.6 Å². The summed E-state index contributed by atoms with van der Waals surface area (Å²) in [5.41, 5.74) is -0.984. The number of carbonyl (C=O) groups is 1. The minimum atomic E-state index is -0.760. The van der Waals surface area contributed by atoms with Crippen LogP contribution in [0, 0.1) is 21.3 Å². The zero-order chi connectivity index (χ0) is 15.5. The van der Waals surface area contributed by atoms with Gasteiger partial charge in [0.15, 0.2) is 0 Å². The van der Waals surface area contributed by atoms with Crippen LogP contribution in [0.4, 0.5) is 15.8 Å². The number of nitro benzene ring substituents is 1. The molecule has 0 heterocycles. The Morgan fingerprint density at radius 2 is 2.10 bits per heavy atom. The Morgan fingerprint density at radius 3 is 2.60 bits per heavy atom. The summed E-state index contributed by atoms with van der Waals surface area (Å²) in [6, 6.07) is 2.12. The van der Waals surface area contributed by atoms with Crippen molar-refractivity contribution in [1.29, 1.82) is 0 Å². The zero-order valence-electron chi connectivity index (χ0n) is 11.3. The Labute approximate surface area is 124 Å². The van der Waals surface area contributed by atoms with Crippen LogP contribution in [0.1, 0.15) is 13.8 Å². The molecule has 0 spiro atoms. The number of anilines is 1. The summed E-state index contributed by atoms with van der Waals surface area (Å²) in [7, 11) is 1.51. The Kier molecular flexibility index (Phi) is 5.04. The van der Waals surface area contributed by atoms with Crippen molar-refractivity contribution in [2.75, 3.05) is 18.9 Å². The molecule has 0 bridgehead atoms. The van der Waals surface area contributed by atoms with Gasteiger partial charge in [-0.3, -0.25) is 14.9 Å². The van der Waals surface area contributed by atoms with E-state index in [0.29, 0.717) is 0 Å². The number of carbonyl (C=O) groups excluding carboxylic acids is 1. The third-order valence-electron chi connectivity index (χ3n) is 2.80. The van der Waals surface area contributed by atoms with Gasteiger partial charge in [-0.05, 0) is 35.8 Å². The first-order chi connectivity index (χ1) is 9.19. The second kappa shape index (κ2) is 6.17. The van der Waals surface area contributed by atoms with Crippen LogP contribution in [0.25, 0.3) is 0 Å². The van der Waals surface area contributed by atoms with E-state index in [1.54, 1.807) is 13.8 Å².